The van der Waals surface area contributed by atoms with E-state index in [9.17, 15) is 0 Å². The van der Waals surface area contributed by atoms with Crippen molar-refractivity contribution in [1.29, 1.82) is 0 Å². The van der Waals surface area contributed by atoms with Crippen LogP contribution >= 0.6 is 0 Å². The van der Waals surface area contributed by atoms with Crippen molar-refractivity contribution in [3.8, 4) is 0 Å². The highest BCUT2D eigenvalue weighted by Gasteiger charge is 2.22. The lowest BCUT2D eigenvalue weighted by molar-refractivity contribution is 0.0179. The van der Waals surface area contributed by atoms with Crippen molar-refractivity contribution in [1.82, 2.24) is 19.7 Å². The Labute approximate surface area is 168 Å². The van der Waals surface area contributed by atoms with Gasteiger partial charge in [-0.05, 0) is 24.6 Å². The summed E-state index contributed by atoms with van der Waals surface area (Å²) in [4.78, 5) is 9.70. The predicted octanol–water partition coefficient (Wildman–Crippen LogP) is 2.50. The van der Waals surface area contributed by atoms with Crippen molar-refractivity contribution in [3.05, 3.63) is 59.9 Å². The van der Waals surface area contributed by atoms with Crippen LogP contribution in [0.3, 0.4) is 0 Å². The highest BCUT2D eigenvalue weighted by atomic mass is 16.5. The zero-order valence-electron chi connectivity index (χ0n) is 17.3. The molecule has 1 aromatic heterocycles. The number of nitrogens with one attached hydrogen (secondary N) is 1. The summed E-state index contributed by atoms with van der Waals surface area (Å²) < 4.78 is 7.71. The largest absolute Gasteiger partial charge is 0.379 e. The molecule has 0 bridgehead atoms. The maximum Gasteiger partial charge on any atom is 0.194 e. The molecule has 6 heteroatoms. The van der Waals surface area contributed by atoms with Gasteiger partial charge in [-0.15, -0.1) is 0 Å². The standard InChI is InChI=1S/C22H33N5O/c1-4-23-22(26(3)18-20-11-8-12-25(20)2)24-17-21(19-9-6-5-7-10-19)27-13-15-28-16-14-27/h5-12,21H,4,13-18H2,1-3H3,(H,23,24). The lowest BCUT2D eigenvalue weighted by Gasteiger charge is -2.34. The van der Waals surface area contributed by atoms with Crippen LogP contribution in [0.4, 0.5) is 0 Å². The molecular formula is C22H33N5O. The number of aliphatic imine (C=N–C) groups is 1. The number of hydrogen-bond donors (Lipinski definition) is 1. The van der Waals surface area contributed by atoms with Crippen molar-refractivity contribution < 1.29 is 4.74 Å². The maximum absolute atomic E-state index is 5.56. The summed E-state index contributed by atoms with van der Waals surface area (Å²) in [5, 5.41) is 3.45. The van der Waals surface area contributed by atoms with Gasteiger partial charge >= 0.3 is 0 Å². The molecular weight excluding hydrogens is 350 g/mol. The fourth-order valence-corrected chi connectivity index (χ4v) is 3.62. The molecule has 1 atom stereocenters. The number of aromatic nitrogens is 1. The third-order valence-corrected chi connectivity index (χ3v) is 5.23. The van der Waals surface area contributed by atoms with Crippen LogP contribution in [0.15, 0.2) is 53.7 Å². The van der Waals surface area contributed by atoms with Crippen LogP contribution in [0, 0.1) is 0 Å². The summed E-state index contributed by atoms with van der Waals surface area (Å²) in [5.41, 5.74) is 2.58. The van der Waals surface area contributed by atoms with E-state index >= 15 is 0 Å². The normalized spacial score (nSPS) is 16.8. The molecule has 1 unspecified atom stereocenters. The third-order valence-electron chi connectivity index (χ3n) is 5.23. The Kier molecular flexibility index (Phi) is 7.51. The highest BCUT2D eigenvalue weighted by Crippen LogP contribution is 2.22. The van der Waals surface area contributed by atoms with Crippen LogP contribution in [0.1, 0.15) is 24.2 Å². The number of morpholine rings is 1. The molecule has 0 spiro atoms. The van der Waals surface area contributed by atoms with E-state index in [1.807, 2.05) is 0 Å². The van der Waals surface area contributed by atoms with Gasteiger partial charge in [0.2, 0.25) is 0 Å². The van der Waals surface area contributed by atoms with Gasteiger partial charge in [0.25, 0.3) is 0 Å². The molecule has 1 aliphatic heterocycles. The van der Waals surface area contributed by atoms with Gasteiger partial charge in [0.15, 0.2) is 5.96 Å². The Morgan fingerprint density at radius 2 is 1.93 bits per heavy atom. The molecule has 0 radical (unpaired) electrons. The summed E-state index contributed by atoms with van der Waals surface area (Å²) in [5.74, 6) is 0.942. The first-order valence-corrected chi connectivity index (χ1v) is 10.2. The second-order valence-electron chi connectivity index (χ2n) is 7.24. The highest BCUT2D eigenvalue weighted by molar-refractivity contribution is 5.79. The van der Waals surface area contributed by atoms with Crippen molar-refractivity contribution in [2.75, 3.05) is 46.4 Å². The Balaban J connectivity index is 1.76. The van der Waals surface area contributed by atoms with Crippen LogP contribution in [0.2, 0.25) is 0 Å². The van der Waals surface area contributed by atoms with E-state index in [0.29, 0.717) is 0 Å². The molecule has 0 saturated carbocycles. The van der Waals surface area contributed by atoms with Crippen LogP contribution in [0.5, 0.6) is 0 Å². The molecule has 1 fully saturated rings. The molecule has 1 aliphatic rings. The van der Waals surface area contributed by atoms with Gasteiger partial charge in [0.05, 0.1) is 32.3 Å². The van der Waals surface area contributed by atoms with E-state index < -0.39 is 0 Å². The zero-order chi connectivity index (χ0) is 19.8. The van der Waals surface area contributed by atoms with E-state index in [0.717, 1.165) is 51.9 Å². The van der Waals surface area contributed by atoms with E-state index in [4.69, 9.17) is 9.73 Å². The Morgan fingerprint density at radius 1 is 1.18 bits per heavy atom. The van der Waals surface area contributed by atoms with Crippen molar-refractivity contribution in [2.24, 2.45) is 12.0 Å². The second kappa shape index (κ2) is 10.3. The van der Waals surface area contributed by atoms with Gasteiger partial charge in [-0.25, -0.2) is 0 Å². The summed E-state index contributed by atoms with van der Waals surface area (Å²) in [6.07, 6.45) is 2.08. The summed E-state index contributed by atoms with van der Waals surface area (Å²) >= 11 is 0. The summed E-state index contributed by atoms with van der Waals surface area (Å²) in [6, 6.07) is 15.2. The smallest absolute Gasteiger partial charge is 0.194 e. The van der Waals surface area contributed by atoms with Gasteiger partial charge in [0.1, 0.15) is 0 Å². The molecule has 6 nitrogen and oxygen atoms in total. The monoisotopic (exact) mass is 383 g/mol. The van der Waals surface area contributed by atoms with E-state index in [1.165, 1.54) is 11.3 Å². The molecule has 3 rings (SSSR count). The average Bonchev–Trinajstić information content (AvgIpc) is 3.13. The molecule has 28 heavy (non-hydrogen) atoms. The lowest BCUT2D eigenvalue weighted by atomic mass is 10.0. The van der Waals surface area contributed by atoms with Crippen LogP contribution < -0.4 is 5.32 Å². The van der Waals surface area contributed by atoms with E-state index in [2.05, 4.69) is 89.4 Å². The third kappa shape index (κ3) is 5.36. The molecule has 2 heterocycles. The molecule has 1 saturated heterocycles. The Morgan fingerprint density at radius 3 is 2.57 bits per heavy atom. The molecule has 1 aromatic carbocycles. The topological polar surface area (TPSA) is 45.0 Å². The number of benzene rings is 1. The fourth-order valence-electron chi connectivity index (χ4n) is 3.62. The molecule has 1 N–H and O–H groups in total. The van der Waals surface area contributed by atoms with E-state index in [1.54, 1.807) is 0 Å². The van der Waals surface area contributed by atoms with Gasteiger partial charge < -0.3 is 19.5 Å². The summed E-state index contributed by atoms with van der Waals surface area (Å²) in [7, 11) is 4.18. The minimum atomic E-state index is 0.266. The van der Waals surface area contributed by atoms with Gasteiger partial charge in [0, 0.05) is 45.6 Å². The van der Waals surface area contributed by atoms with Crippen LogP contribution in [-0.4, -0.2) is 66.8 Å². The van der Waals surface area contributed by atoms with Crippen molar-refractivity contribution >= 4 is 5.96 Å². The van der Waals surface area contributed by atoms with Crippen LogP contribution in [-0.2, 0) is 18.3 Å². The lowest BCUT2D eigenvalue weighted by Crippen LogP contribution is -2.42. The number of aryl methyl sites for hydroxylation is 1. The number of ether oxygens (including phenoxy) is 1. The second-order valence-corrected chi connectivity index (χ2v) is 7.24. The molecule has 0 aliphatic carbocycles. The number of rotatable bonds is 7. The SMILES string of the molecule is CCNC(=NCC(c1ccccc1)N1CCOCC1)N(C)Cc1cccn1C. The maximum atomic E-state index is 5.56. The Bertz CT molecular complexity index is 736. The van der Waals surface area contributed by atoms with Gasteiger partial charge in [-0.2, -0.15) is 0 Å². The van der Waals surface area contributed by atoms with E-state index in [-0.39, 0.29) is 6.04 Å². The van der Waals surface area contributed by atoms with Gasteiger partial charge in [-0.1, -0.05) is 30.3 Å². The summed E-state index contributed by atoms with van der Waals surface area (Å²) in [6.45, 7) is 8.00. The van der Waals surface area contributed by atoms with Crippen molar-refractivity contribution in [3.63, 3.8) is 0 Å². The molecule has 0 amide bonds. The first-order valence-electron chi connectivity index (χ1n) is 10.2. The first kappa shape index (κ1) is 20.4. The molecule has 152 valence electrons. The van der Waals surface area contributed by atoms with Crippen molar-refractivity contribution in [2.45, 2.75) is 19.5 Å². The first-order chi connectivity index (χ1) is 13.7. The minimum Gasteiger partial charge on any atom is -0.379 e. The quantitative estimate of drug-likeness (QED) is 0.589. The average molecular weight is 384 g/mol. The van der Waals surface area contributed by atoms with Crippen LogP contribution in [0.25, 0.3) is 0 Å². The zero-order valence-corrected chi connectivity index (χ0v) is 17.3. The van der Waals surface area contributed by atoms with Gasteiger partial charge in [-0.3, -0.25) is 9.89 Å². The molecule has 2 aromatic rings. The predicted molar refractivity (Wildman–Crippen MR) is 114 cm³/mol. The number of guanidine groups is 1. The minimum absolute atomic E-state index is 0.266. The number of hydrogen-bond acceptors (Lipinski definition) is 3. The fraction of sp³-hybridized carbons (Fsp3) is 0.500. The Hall–Kier alpha value is -2.31. The number of nitrogens with zero attached hydrogens (tertiary/aromatic N) is 4.